The van der Waals surface area contributed by atoms with Gasteiger partial charge in [0, 0.05) is 23.5 Å². The van der Waals surface area contributed by atoms with Gasteiger partial charge >= 0.3 is 0 Å². The molecule has 20 heavy (non-hydrogen) atoms. The minimum atomic E-state index is -3.79. The lowest BCUT2D eigenvalue weighted by molar-refractivity contribution is 0.411. The lowest BCUT2D eigenvalue weighted by atomic mass is 10.4. The lowest BCUT2D eigenvalue weighted by Crippen LogP contribution is -2.34. The van der Waals surface area contributed by atoms with Gasteiger partial charge in [0.25, 0.3) is 0 Å². The van der Waals surface area contributed by atoms with Crippen molar-refractivity contribution in [2.24, 2.45) is 0 Å². The second-order valence-electron chi connectivity index (χ2n) is 4.45. The number of halogens is 3. The zero-order chi connectivity index (χ0) is 14.9. The molecule has 0 amide bonds. The first-order chi connectivity index (χ1) is 9.37. The summed E-state index contributed by atoms with van der Waals surface area (Å²) in [5, 5.41) is 8.82. The molecule has 0 saturated heterocycles. The van der Waals surface area contributed by atoms with Crippen LogP contribution in [0.3, 0.4) is 0 Å². The Morgan fingerprint density at radius 3 is 2.35 bits per heavy atom. The van der Waals surface area contributed by atoms with Crippen LogP contribution in [-0.4, -0.2) is 25.3 Å². The molecule has 0 spiro atoms. The summed E-state index contributed by atoms with van der Waals surface area (Å²) < 4.78 is 27.4. The molecule has 1 aliphatic rings. The van der Waals surface area contributed by atoms with E-state index >= 15 is 0 Å². The topological polar surface area (TPSA) is 61.2 Å². The Balaban J connectivity index is 2.46. The maximum absolute atomic E-state index is 12.7. The van der Waals surface area contributed by atoms with Gasteiger partial charge in [-0.1, -0.05) is 39.1 Å². The van der Waals surface area contributed by atoms with Gasteiger partial charge in [0.15, 0.2) is 0 Å². The van der Waals surface area contributed by atoms with Crippen LogP contribution in [0, 0.1) is 11.3 Å². The molecular weight excluding hydrogens is 387 g/mol. The normalized spacial score (nSPS) is 15.3. The highest BCUT2D eigenvalue weighted by Gasteiger charge is 2.39. The van der Waals surface area contributed by atoms with Crippen molar-refractivity contribution in [3.8, 4) is 6.07 Å². The predicted octanol–water partition coefficient (Wildman–Crippen LogP) is 3.82. The third-order valence-electron chi connectivity index (χ3n) is 2.93. The summed E-state index contributed by atoms with van der Waals surface area (Å²) in [6.07, 6.45) is 1.74. The molecule has 0 unspecified atom stereocenters. The van der Waals surface area contributed by atoms with E-state index in [0.29, 0.717) is 4.47 Å². The van der Waals surface area contributed by atoms with Gasteiger partial charge in [0.2, 0.25) is 10.0 Å². The first kappa shape index (κ1) is 16.1. The van der Waals surface area contributed by atoms with E-state index in [-0.39, 0.29) is 33.9 Å². The molecule has 0 aliphatic heterocycles. The molecule has 8 heteroatoms. The molecule has 2 rings (SSSR count). The van der Waals surface area contributed by atoms with Crippen molar-refractivity contribution in [3.63, 3.8) is 0 Å². The van der Waals surface area contributed by atoms with Crippen molar-refractivity contribution >= 4 is 49.2 Å². The number of hydrogen-bond acceptors (Lipinski definition) is 3. The molecule has 0 aromatic heterocycles. The van der Waals surface area contributed by atoms with E-state index in [1.54, 1.807) is 0 Å². The van der Waals surface area contributed by atoms with E-state index in [1.807, 2.05) is 6.07 Å². The zero-order valence-corrected chi connectivity index (χ0v) is 14.2. The van der Waals surface area contributed by atoms with Crippen LogP contribution in [0.25, 0.3) is 0 Å². The Labute approximate surface area is 136 Å². The molecule has 108 valence electrons. The Morgan fingerprint density at radius 2 is 1.90 bits per heavy atom. The second kappa shape index (κ2) is 6.20. The molecule has 1 aromatic rings. The van der Waals surface area contributed by atoms with Gasteiger partial charge < -0.3 is 0 Å². The fourth-order valence-corrected chi connectivity index (χ4v) is 5.49. The molecule has 0 radical (unpaired) electrons. The summed E-state index contributed by atoms with van der Waals surface area (Å²) in [4.78, 5) is -0.0890. The van der Waals surface area contributed by atoms with Crippen molar-refractivity contribution in [2.45, 2.75) is 30.2 Å². The molecule has 1 fully saturated rings. The molecule has 0 N–H and O–H groups in total. The average molecular weight is 398 g/mol. The summed E-state index contributed by atoms with van der Waals surface area (Å²) >= 11 is 15.3. The van der Waals surface area contributed by atoms with Crippen LogP contribution in [-0.2, 0) is 10.0 Å². The van der Waals surface area contributed by atoms with Crippen LogP contribution in [0.1, 0.15) is 19.3 Å². The summed E-state index contributed by atoms with van der Waals surface area (Å²) in [7, 11) is -3.79. The Morgan fingerprint density at radius 1 is 1.35 bits per heavy atom. The maximum atomic E-state index is 12.7. The molecule has 1 aromatic carbocycles. The van der Waals surface area contributed by atoms with E-state index in [9.17, 15) is 8.42 Å². The van der Waals surface area contributed by atoms with Crippen LogP contribution in [0.2, 0.25) is 10.0 Å². The highest BCUT2D eigenvalue weighted by atomic mass is 79.9. The number of nitrogens with zero attached hydrogens (tertiary/aromatic N) is 2. The zero-order valence-electron chi connectivity index (χ0n) is 10.3. The first-order valence-electron chi connectivity index (χ1n) is 5.91. The van der Waals surface area contributed by atoms with E-state index in [0.717, 1.165) is 12.8 Å². The number of sulfonamides is 1. The minimum absolute atomic E-state index is 0.0517. The molecule has 1 aliphatic carbocycles. The minimum Gasteiger partial charge on any atom is -0.207 e. The van der Waals surface area contributed by atoms with E-state index in [1.165, 1.54) is 16.4 Å². The SMILES string of the molecule is N#CCCN(C1CC1)S(=O)(=O)c1c(Cl)cc(Br)cc1Cl. The third kappa shape index (κ3) is 3.29. The summed E-state index contributed by atoms with van der Waals surface area (Å²) in [5.74, 6) is 0. The van der Waals surface area contributed by atoms with Crippen LogP contribution in [0.15, 0.2) is 21.5 Å². The van der Waals surface area contributed by atoms with Gasteiger partial charge in [-0.15, -0.1) is 0 Å². The van der Waals surface area contributed by atoms with Crippen LogP contribution in [0.5, 0.6) is 0 Å². The summed E-state index contributed by atoms with van der Waals surface area (Å²) in [6.45, 7) is 0.159. The van der Waals surface area contributed by atoms with Crippen LogP contribution >= 0.6 is 39.1 Å². The standard InChI is InChI=1S/C12H11BrCl2N2O2S/c13-8-6-10(14)12(11(15)7-8)20(18,19)17(5-1-4-16)9-2-3-9/h6-7,9H,1-3,5H2. The predicted molar refractivity (Wildman–Crippen MR) is 81.3 cm³/mol. The molecule has 4 nitrogen and oxygen atoms in total. The highest BCUT2D eigenvalue weighted by Crippen LogP contribution is 2.38. The molecular formula is C12H11BrCl2N2O2S. The fraction of sp³-hybridized carbons (Fsp3) is 0.417. The molecule has 0 atom stereocenters. The summed E-state index contributed by atoms with van der Waals surface area (Å²) in [6, 6.07) is 4.90. The number of rotatable bonds is 5. The Kier molecular flexibility index (Phi) is 4.98. The van der Waals surface area contributed by atoms with Crippen molar-refractivity contribution in [3.05, 3.63) is 26.7 Å². The van der Waals surface area contributed by atoms with Crippen molar-refractivity contribution in [2.75, 3.05) is 6.54 Å². The Hall–Kier alpha value is -0.320. The number of benzene rings is 1. The molecule has 1 saturated carbocycles. The van der Waals surface area contributed by atoms with Gasteiger partial charge in [0.1, 0.15) is 4.90 Å². The lowest BCUT2D eigenvalue weighted by Gasteiger charge is -2.22. The van der Waals surface area contributed by atoms with E-state index < -0.39 is 10.0 Å². The van der Waals surface area contributed by atoms with E-state index in [4.69, 9.17) is 28.5 Å². The van der Waals surface area contributed by atoms with Crippen LogP contribution in [0.4, 0.5) is 0 Å². The third-order valence-corrected chi connectivity index (χ3v) is 6.26. The van der Waals surface area contributed by atoms with Gasteiger partial charge in [-0.2, -0.15) is 9.57 Å². The summed E-state index contributed by atoms with van der Waals surface area (Å²) in [5.41, 5.74) is 0. The van der Waals surface area contributed by atoms with E-state index in [2.05, 4.69) is 15.9 Å². The second-order valence-corrected chi connectivity index (χ2v) is 8.01. The number of nitriles is 1. The maximum Gasteiger partial charge on any atom is 0.246 e. The van der Waals surface area contributed by atoms with Crippen molar-refractivity contribution < 1.29 is 8.42 Å². The van der Waals surface area contributed by atoms with Crippen molar-refractivity contribution in [1.82, 2.24) is 4.31 Å². The average Bonchev–Trinajstić information content (AvgIpc) is 3.11. The van der Waals surface area contributed by atoms with Crippen LogP contribution < -0.4 is 0 Å². The monoisotopic (exact) mass is 396 g/mol. The first-order valence-corrected chi connectivity index (χ1v) is 8.90. The van der Waals surface area contributed by atoms with Gasteiger partial charge in [-0.25, -0.2) is 8.42 Å². The Bertz CT molecular complexity index is 646. The van der Waals surface area contributed by atoms with Gasteiger partial charge in [-0.3, -0.25) is 0 Å². The molecule has 0 bridgehead atoms. The quantitative estimate of drug-likeness (QED) is 0.758. The van der Waals surface area contributed by atoms with Gasteiger partial charge in [-0.05, 0) is 25.0 Å². The van der Waals surface area contributed by atoms with Crippen molar-refractivity contribution in [1.29, 1.82) is 5.26 Å². The van der Waals surface area contributed by atoms with Gasteiger partial charge in [0.05, 0.1) is 16.1 Å². The fourth-order valence-electron chi connectivity index (χ4n) is 1.91. The number of hydrogen-bond donors (Lipinski definition) is 0. The smallest absolute Gasteiger partial charge is 0.207 e. The highest BCUT2D eigenvalue weighted by molar-refractivity contribution is 9.10. The molecule has 0 heterocycles. The largest absolute Gasteiger partial charge is 0.246 e.